The normalized spacial score (nSPS) is 15.6. The number of hydrogen-bond acceptors (Lipinski definition) is 2. The van der Waals surface area contributed by atoms with Gasteiger partial charge in [0.05, 0.1) is 11.0 Å². The van der Waals surface area contributed by atoms with E-state index in [0.717, 1.165) is 30.3 Å². The van der Waals surface area contributed by atoms with Crippen molar-refractivity contribution in [1.29, 1.82) is 0 Å². The molecule has 1 aromatic heterocycles. The fourth-order valence-electron chi connectivity index (χ4n) is 2.23. The topological polar surface area (TPSA) is 29.9 Å². The summed E-state index contributed by atoms with van der Waals surface area (Å²) in [4.78, 5) is 4.57. The van der Waals surface area contributed by atoms with Crippen molar-refractivity contribution in [3.05, 3.63) is 29.6 Å². The molecule has 1 N–H and O–H groups in total. The summed E-state index contributed by atoms with van der Waals surface area (Å²) < 4.78 is 2.14. The zero-order valence-electron chi connectivity index (χ0n) is 10.5. The smallest absolute Gasteiger partial charge is 0.106 e. The number of benzene rings is 1. The van der Waals surface area contributed by atoms with Crippen LogP contribution in [0.1, 0.15) is 24.2 Å². The number of aromatic nitrogens is 2. The quantitative estimate of drug-likeness (QED) is 0.871. The maximum atomic E-state index is 4.57. The highest BCUT2D eigenvalue weighted by Gasteiger charge is 2.19. The average Bonchev–Trinajstić information content (AvgIpc) is 3.08. The van der Waals surface area contributed by atoms with Gasteiger partial charge in [-0.15, -0.1) is 0 Å². The number of aryl methyl sites for hydroxylation is 2. The minimum absolute atomic E-state index is 0.802. The second kappa shape index (κ2) is 4.15. The van der Waals surface area contributed by atoms with Gasteiger partial charge in [-0.2, -0.15) is 0 Å². The molecule has 1 fully saturated rings. The van der Waals surface area contributed by atoms with E-state index in [4.69, 9.17) is 0 Å². The van der Waals surface area contributed by atoms with E-state index in [1.54, 1.807) is 0 Å². The van der Waals surface area contributed by atoms with E-state index in [9.17, 15) is 0 Å². The summed E-state index contributed by atoms with van der Waals surface area (Å²) in [5.74, 6) is 1.08. The summed E-state index contributed by atoms with van der Waals surface area (Å²) in [7, 11) is 2.07. The first kappa shape index (κ1) is 10.8. The summed E-state index contributed by atoms with van der Waals surface area (Å²) in [5.41, 5.74) is 3.72. The van der Waals surface area contributed by atoms with Crippen LogP contribution in [0.2, 0.25) is 0 Å². The standard InChI is InChI=1S/C14H19N3/c1-10-16-13-9-11(3-6-14(13)17(10)2)7-8-15-12-4-5-12/h3,6,9,12,15H,4-5,7-8H2,1-2H3. The van der Waals surface area contributed by atoms with Crippen LogP contribution in [0, 0.1) is 6.92 Å². The lowest BCUT2D eigenvalue weighted by atomic mass is 10.1. The predicted molar refractivity (Wildman–Crippen MR) is 70.2 cm³/mol. The van der Waals surface area contributed by atoms with Crippen molar-refractivity contribution in [1.82, 2.24) is 14.9 Å². The first-order chi connectivity index (χ1) is 8.24. The molecule has 3 rings (SSSR count). The lowest BCUT2D eigenvalue weighted by Crippen LogP contribution is -2.19. The largest absolute Gasteiger partial charge is 0.331 e. The number of nitrogens with one attached hydrogen (secondary N) is 1. The van der Waals surface area contributed by atoms with E-state index in [1.807, 2.05) is 6.92 Å². The van der Waals surface area contributed by atoms with Crippen LogP contribution in [0.5, 0.6) is 0 Å². The van der Waals surface area contributed by atoms with Crippen LogP contribution in [0.25, 0.3) is 11.0 Å². The van der Waals surface area contributed by atoms with E-state index >= 15 is 0 Å². The summed E-state index contributed by atoms with van der Waals surface area (Å²) in [6, 6.07) is 7.42. The van der Waals surface area contributed by atoms with E-state index in [1.165, 1.54) is 23.9 Å². The molecule has 0 unspecified atom stereocenters. The van der Waals surface area contributed by atoms with Gasteiger partial charge in [0.25, 0.3) is 0 Å². The van der Waals surface area contributed by atoms with Gasteiger partial charge in [-0.25, -0.2) is 4.98 Å². The molecule has 0 amide bonds. The predicted octanol–water partition coefficient (Wildman–Crippen LogP) is 2.18. The maximum absolute atomic E-state index is 4.57. The molecule has 1 heterocycles. The minimum Gasteiger partial charge on any atom is -0.331 e. The Bertz CT molecular complexity index is 538. The Morgan fingerprint density at radius 1 is 1.41 bits per heavy atom. The molecule has 17 heavy (non-hydrogen) atoms. The lowest BCUT2D eigenvalue weighted by Gasteiger charge is -2.03. The summed E-state index contributed by atoms with van der Waals surface area (Å²) in [6.45, 7) is 3.14. The van der Waals surface area contributed by atoms with Crippen LogP contribution in [0.3, 0.4) is 0 Å². The molecule has 90 valence electrons. The minimum atomic E-state index is 0.802. The fraction of sp³-hybridized carbons (Fsp3) is 0.500. The highest BCUT2D eigenvalue weighted by molar-refractivity contribution is 5.76. The monoisotopic (exact) mass is 229 g/mol. The summed E-state index contributed by atoms with van der Waals surface area (Å²) in [6.07, 6.45) is 3.82. The number of fused-ring (bicyclic) bond motifs is 1. The first-order valence-electron chi connectivity index (χ1n) is 6.39. The Balaban J connectivity index is 1.75. The van der Waals surface area contributed by atoms with Crippen LogP contribution in [-0.2, 0) is 13.5 Å². The molecule has 0 saturated heterocycles. The molecule has 0 radical (unpaired) electrons. The molecular weight excluding hydrogens is 210 g/mol. The number of hydrogen-bond donors (Lipinski definition) is 1. The van der Waals surface area contributed by atoms with Gasteiger partial charge in [-0.3, -0.25) is 0 Å². The number of rotatable bonds is 4. The molecule has 1 aliphatic rings. The van der Waals surface area contributed by atoms with Gasteiger partial charge in [-0.1, -0.05) is 6.07 Å². The maximum Gasteiger partial charge on any atom is 0.106 e. The van der Waals surface area contributed by atoms with Gasteiger partial charge in [0.15, 0.2) is 0 Å². The zero-order valence-corrected chi connectivity index (χ0v) is 10.5. The molecule has 0 aliphatic heterocycles. The molecule has 3 nitrogen and oxygen atoms in total. The van der Waals surface area contributed by atoms with Crippen LogP contribution in [0.4, 0.5) is 0 Å². The van der Waals surface area contributed by atoms with E-state index in [-0.39, 0.29) is 0 Å². The zero-order chi connectivity index (χ0) is 11.8. The molecule has 0 atom stereocenters. The Labute approximate surface area is 102 Å². The van der Waals surface area contributed by atoms with Gasteiger partial charge in [0, 0.05) is 13.1 Å². The van der Waals surface area contributed by atoms with Crippen LogP contribution >= 0.6 is 0 Å². The van der Waals surface area contributed by atoms with Gasteiger partial charge < -0.3 is 9.88 Å². The molecule has 1 aliphatic carbocycles. The molecule has 0 bridgehead atoms. The highest BCUT2D eigenvalue weighted by atomic mass is 15.0. The summed E-state index contributed by atoms with van der Waals surface area (Å²) in [5, 5.41) is 3.54. The Hall–Kier alpha value is -1.35. The van der Waals surface area contributed by atoms with Crippen LogP contribution in [0.15, 0.2) is 18.2 Å². The first-order valence-corrected chi connectivity index (χ1v) is 6.39. The van der Waals surface area contributed by atoms with Crippen molar-refractivity contribution in [2.24, 2.45) is 7.05 Å². The Kier molecular flexibility index (Phi) is 2.63. The number of nitrogens with zero attached hydrogens (tertiary/aromatic N) is 2. The van der Waals surface area contributed by atoms with Crippen LogP contribution in [-0.4, -0.2) is 22.1 Å². The van der Waals surface area contributed by atoms with E-state index in [2.05, 4.69) is 40.1 Å². The summed E-state index contributed by atoms with van der Waals surface area (Å²) >= 11 is 0. The van der Waals surface area contributed by atoms with Gasteiger partial charge in [-0.05, 0) is 50.4 Å². The van der Waals surface area contributed by atoms with Gasteiger partial charge in [0.2, 0.25) is 0 Å². The Morgan fingerprint density at radius 2 is 2.24 bits per heavy atom. The van der Waals surface area contributed by atoms with Crippen molar-refractivity contribution in [3.8, 4) is 0 Å². The second-order valence-corrected chi connectivity index (χ2v) is 5.02. The number of imidazole rings is 1. The van der Waals surface area contributed by atoms with Crippen molar-refractivity contribution in [2.75, 3.05) is 6.54 Å². The molecule has 3 heteroatoms. The third-order valence-electron chi connectivity index (χ3n) is 3.59. The molecule has 1 saturated carbocycles. The van der Waals surface area contributed by atoms with E-state index < -0.39 is 0 Å². The fourth-order valence-corrected chi connectivity index (χ4v) is 2.23. The molecule has 0 spiro atoms. The highest BCUT2D eigenvalue weighted by Crippen LogP contribution is 2.19. The molecule has 2 aromatic rings. The van der Waals surface area contributed by atoms with Gasteiger partial charge in [0.1, 0.15) is 5.82 Å². The third-order valence-corrected chi connectivity index (χ3v) is 3.59. The van der Waals surface area contributed by atoms with Crippen molar-refractivity contribution >= 4 is 11.0 Å². The Morgan fingerprint density at radius 3 is 3.00 bits per heavy atom. The lowest BCUT2D eigenvalue weighted by molar-refractivity contribution is 0.682. The third kappa shape index (κ3) is 2.20. The van der Waals surface area contributed by atoms with Crippen molar-refractivity contribution in [2.45, 2.75) is 32.2 Å². The van der Waals surface area contributed by atoms with Crippen LogP contribution < -0.4 is 5.32 Å². The van der Waals surface area contributed by atoms with Crippen molar-refractivity contribution < 1.29 is 0 Å². The van der Waals surface area contributed by atoms with Gasteiger partial charge >= 0.3 is 0 Å². The average molecular weight is 229 g/mol. The van der Waals surface area contributed by atoms with E-state index in [0.29, 0.717) is 0 Å². The van der Waals surface area contributed by atoms with Crippen molar-refractivity contribution in [3.63, 3.8) is 0 Å². The molecule has 1 aromatic carbocycles. The molecular formula is C14H19N3. The SMILES string of the molecule is Cc1nc2cc(CCNC3CC3)ccc2n1C. The second-order valence-electron chi connectivity index (χ2n) is 5.02.